The first-order chi connectivity index (χ1) is 8.74. The van der Waals surface area contributed by atoms with Crippen LogP contribution in [0.3, 0.4) is 0 Å². The van der Waals surface area contributed by atoms with Crippen molar-refractivity contribution in [3.05, 3.63) is 28.5 Å². The number of rotatable bonds is 6. The molecule has 4 nitrogen and oxygen atoms in total. The molecule has 0 aliphatic rings. The Hall–Kier alpha value is -0.310. The van der Waals surface area contributed by atoms with Crippen molar-refractivity contribution >= 4 is 36.8 Å². The molecular weight excluding hydrogens is 357 g/mol. The van der Waals surface area contributed by atoms with Gasteiger partial charge in [0.25, 0.3) is 0 Å². The Bertz CT molecular complexity index is 577. The van der Waals surface area contributed by atoms with Crippen LogP contribution in [-0.2, 0) is 20.8 Å². The fourth-order valence-corrected chi connectivity index (χ4v) is 3.88. The van der Waals surface area contributed by atoms with E-state index < -0.39 is 26.6 Å². The molecular formula is C11H15BrFNO3S2. The third kappa shape index (κ3) is 4.94. The highest BCUT2D eigenvalue weighted by molar-refractivity contribution is 9.10. The minimum absolute atomic E-state index is 0.0147. The van der Waals surface area contributed by atoms with Crippen molar-refractivity contribution in [1.29, 1.82) is 0 Å². The number of halogens is 2. The Morgan fingerprint density at radius 1 is 1.47 bits per heavy atom. The van der Waals surface area contributed by atoms with Gasteiger partial charge in [-0.2, -0.15) is 0 Å². The summed E-state index contributed by atoms with van der Waals surface area (Å²) in [5.74, 6) is -0.513. The van der Waals surface area contributed by atoms with Gasteiger partial charge in [-0.25, -0.2) is 17.5 Å². The first-order valence-corrected chi connectivity index (χ1v) is 9.40. The van der Waals surface area contributed by atoms with Crippen LogP contribution in [-0.4, -0.2) is 30.7 Å². The van der Waals surface area contributed by atoms with Crippen molar-refractivity contribution in [2.75, 3.05) is 12.8 Å². The van der Waals surface area contributed by atoms with Gasteiger partial charge in [0.05, 0.1) is 4.90 Å². The highest BCUT2D eigenvalue weighted by atomic mass is 79.9. The molecule has 8 heteroatoms. The fourth-order valence-electron chi connectivity index (χ4n) is 1.33. The molecule has 108 valence electrons. The first-order valence-electron chi connectivity index (χ1n) is 5.51. The van der Waals surface area contributed by atoms with Gasteiger partial charge < -0.3 is 0 Å². The maximum atomic E-state index is 12.9. The van der Waals surface area contributed by atoms with E-state index in [0.717, 1.165) is 12.1 Å². The van der Waals surface area contributed by atoms with Gasteiger partial charge >= 0.3 is 0 Å². The van der Waals surface area contributed by atoms with Crippen LogP contribution in [0.2, 0.25) is 0 Å². The van der Waals surface area contributed by atoms with Crippen molar-refractivity contribution in [3.63, 3.8) is 0 Å². The van der Waals surface area contributed by atoms with E-state index in [1.165, 1.54) is 6.07 Å². The van der Waals surface area contributed by atoms with Gasteiger partial charge in [0, 0.05) is 33.3 Å². The number of hydrogen-bond acceptors (Lipinski definition) is 3. The Kier molecular flexibility index (Phi) is 6.10. The molecule has 0 fully saturated rings. The number of nitrogens with one attached hydrogen (secondary N) is 1. The SMILES string of the molecule is CC(CCNS(=O)(=O)c1ccc(F)cc1Br)S(C)=O. The Morgan fingerprint density at radius 2 is 2.11 bits per heavy atom. The molecule has 0 aromatic heterocycles. The van der Waals surface area contributed by atoms with Crippen LogP contribution in [0.4, 0.5) is 4.39 Å². The largest absolute Gasteiger partial charge is 0.260 e. The van der Waals surface area contributed by atoms with Gasteiger partial charge in [-0.15, -0.1) is 0 Å². The van der Waals surface area contributed by atoms with Crippen LogP contribution < -0.4 is 4.72 Å². The van der Waals surface area contributed by atoms with Gasteiger partial charge in [-0.05, 0) is 40.5 Å². The summed E-state index contributed by atoms with van der Waals surface area (Å²) < 4.78 is 50.6. The van der Waals surface area contributed by atoms with E-state index in [4.69, 9.17) is 0 Å². The van der Waals surface area contributed by atoms with Crippen molar-refractivity contribution in [3.8, 4) is 0 Å². The second-order valence-corrected chi connectivity index (χ2v) is 8.46. The van der Waals surface area contributed by atoms with Gasteiger partial charge in [0.2, 0.25) is 10.0 Å². The lowest BCUT2D eigenvalue weighted by molar-refractivity contribution is 0.576. The van der Waals surface area contributed by atoms with E-state index in [1.54, 1.807) is 13.2 Å². The van der Waals surface area contributed by atoms with E-state index in [9.17, 15) is 17.0 Å². The summed E-state index contributed by atoms with van der Waals surface area (Å²) in [7, 11) is -4.68. The topological polar surface area (TPSA) is 63.2 Å². The average molecular weight is 372 g/mol. The average Bonchev–Trinajstić information content (AvgIpc) is 2.27. The summed E-state index contributed by atoms with van der Waals surface area (Å²) in [6, 6.07) is 3.38. The number of hydrogen-bond donors (Lipinski definition) is 1. The molecule has 1 N–H and O–H groups in total. The van der Waals surface area contributed by atoms with E-state index in [1.807, 2.05) is 0 Å². The van der Waals surface area contributed by atoms with Gasteiger partial charge in [-0.3, -0.25) is 4.21 Å². The molecule has 1 rings (SSSR count). The summed E-state index contributed by atoms with van der Waals surface area (Å²) >= 11 is 3.02. The molecule has 19 heavy (non-hydrogen) atoms. The molecule has 2 atom stereocenters. The van der Waals surface area contributed by atoms with Gasteiger partial charge in [0.15, 0.2) is 0 Å². The third-order valence-corrected chi connectivity index (χ3v) is 6.40. The summed E-state index contributed by atoms with van der Waals surface area (Å²) in [4.78, 5) is -0.0147. The van der Waals surface area contributed by atoms with E-state index in [2.05, 4.69) is 20.7 Å². The molecule has 0 radical (unpaired) electrons. The molecule has 0 saturated carbocycles. The minimum atomic E-state index is -3.69. The highest BCUT2D eigenvalue weighted by Gasteiger charge is 2.18. The highest BCUT2D eigenvalue weighted by Crippen LogP contribution is 2.22. The molecule has 0 amide bonds. The van der Waals surface area contributed by atoms with E-state index in [-0.39, 0.29) is 21.2 Å². The molecule has 0 heterocycles. The van der Waals surface area contributed by atoms with Crippen LogP contribution in [0.25, 0.3) is 0 Å². The van der Waals surface area contributed by atoms with Crippen LogP contribution in [0.15, 0.2) is 27.6 Å². The molecule has 0 saturated heterocycles. The fraction of sp³-hybridized carbons (Fsp3) is 0.455. The summed E-state index contributed by atoms with van der Waals surface area (Å²) in [6.07, 6.45) is 2.05. The lowest BCUT2D eigenvalue weighted by atomic mass is 10.3. The Labute approximate surface area is 123 Å². The van der Waals surface area contributed by atoms with Gasteiger partial charge in [0.1, 0.15) is 5.82 Å². The van der Waals surface area contributed by atoms with Crippen molar-refractivity contribution in [2.45, 2.75) is 23.5 Å². The number of benzene rings is 1. The maximum Gasteiger partial charge on any atom is 0.241 e. The molecule has 0 aliphatic heterocycles. The van der Waals surface area contributed by atoms with E-state index in [0.29, 0.717) is 6.42 Å². The van der Waals surface area contributed by atoms with Gasteiger partial charge in [-0.1, -0.05) is 6.92 Å². The van der Waals surface area contributed by atoms with Crippen LogP contribution in [0.5, 0.6) is 0 Å². The summed E-state index contributed by atoms with van der Waals surface area (Å²) in [5, 5.41) is -0.0839. The van der Waals surface area contributed by atoms with E-state index >= 15 is 0 Å². The normalized spacial score (nSPS) is 15.2. The first kappa shape index (κ1) is 16.7. The zero-order valence-electron chi connectivity index (χ0n) is 10.5. The lowest BCUT2D eigenvalue weighted by Gasteiger charge is -2.11. The molecule has 0 spiro atoms. The predicted molar refractivity (Wildman–Crippen MR) is 77.4 cm³/mol. The third-order valence-electron chi connectivity index (χ3n) is 2.59. The molecule has 0 bridgehead atoms. The summed E-state index contributed by atoms with van der Waals surface area (Å²) in [5.41, 5.74) is 0. The molecule has 1 aromatic carbocycles. The Balaban J connectivity index is 2.74. The zero-order chi connectivity index (χ0) is 14.6. The molecule has 1 aromatic rings. The standard InChI is InChI=1S/C11H15BrFNO3S2/c1-8(18(2)15)5-6-14-19(16,17)11-4-3-9(13)7-10(11)12/h3-4,7-8,14H,5-6H2,1-2H3. The minimum Gasteiger partial charge on any atom is -0.260 e. The smallest absolute Gasteiger partial charge is 0.241 e. The zero-order valence-corrected chi connectivity index (χ0v) is 13.7. The van der Waals surface area contributed by atoms with Crippen molar-refractivity contribution in [1.82, 2.24) is 4.72 Å². The van der Waals surface area contributed by atoms with Crippen molar-refractivity contribution < 1.29 is 17.0 Å². The molecule has 2 unspecified atom stereocenters. The quantitative estimate of drug-likeness (QED) is 0.831. The summed E-state index contributed by atoms with van der Waals surface area (Å²) in [6.45, 7) is 1.98. The van der Waals surface area contributed by atoms with Crippen LogP contribution in [0, 0.1) is 5.82 Å². The van der Waals surface area contributed by atoms with Crippen molar-refractivity contribution in [2.24, 2.45) is 0 Å². The Morgan fingerprint density at radius 3 is 2.63 bits per heavy atom. The predicted octanol–water partition coefficient (Wildman–Crippen LogP) is 2.02. The second kappa shape index (κ2) is 6.92. The van der Waals surface area contributed by atoms with Crippen LogP contribution in [0.1, 0.15) is 13.3 Å². The molecule has 0 aliphatic carbocycles. The maximum absolute atomic E-state index is 12.9. The van der Waals surface area contributed by atoms with Crippen LogP contribution >= 0.6 is 15.9 Å². The monoisotopic (exact) mass is 371 g/mol. The lowest BCUT2D eigenvalue weighted by Crippen LogP contribution is -2.28. The second-order valence-electron chi connectivity index (χ2n) is 4.07. The number of sulfonamides is 1.